The van der Waals surface area contributed by atoms with Gasteiger partial charge in [-0.1, -0.05) is 158 Å². The van der Waals surface area contributed by atoms with Crippen molar-refractivity contribution >= 4 is 75.1 Å². The molecular formula is C55H31N3S. The first kappa shape index (κ1) is 31.7. The smallest absolute Gasteiger partial charge is 0.165 e. The monoisotopic (exact) mass is 765 g/mol. The van der Waals surface area contributed by atoms with Crippen molar-refractivity contribution in [1.29, 1.82) is 0 Å². The number of thiophene rings is 1. The van der Waals surface area contributed by atoms with Crippen LogP contribution in [0.1, 0.15) is 22.3 Å². The highest BCUT2D eigenvalue weighted by atomic mass is 32.1. The molecule has 3 nitrogen and oxygen atoms in total. The average Bonchev–Trinajstić information content (AvgIpc) is 4.01. The van der Waals surface area contributed by atoms with E-state index in [9.17, 15) is 0 Å². The van der Waals surface area contributed by atoms with Crippen molar-refractivity contribution in [3.63, 3.8) is 0 Å². The van der Waals surface area contributed by atoms with Gasteiger partial charge in [0.05, 0.1) is 16.4 Å². The second kappa shape index (κ2) is 11.4. The first-order valence-electron chi connectivity index (χ1n) is 20.2. The van der Waals surface area contributed by atoms with E-state index < -0.39 is 5.41 Å². The van der Waals surface area contributed by atoms with Gasteiger partial charge in [0, 0.05) is 26.4 Å². The number of aromatic nitrogens is 3. The predicted octanol–water partition coefficient (Wildman–Crippen LogP) is 14.3. The van der Waals surface area contributed by atoms with E-state index in [1.165, 1.54) is 81.5 Å². The Labute approximate surface area is 343 Å². The lowest BCUT2D eigenvalue weighted by molar-refractivity contribution is 0.794. The van der Waals surface area contributed by atoms with Crippen molar-refractivity contribution in [1.82, 2.24) is 14.5 Å². The van der Waals surface area contributed by atoms with Crippen LogP contribution in [0.5, 0.6) is 0 Å². The summed E-state index contributed by atoms with van der Waals surface area (Å²) in [5.74, 6) is 0.836. The van der Waals surface area contributed by atoms with Gasteiger partial charge in [0.1, 0.15) is 16.0 Å². The first-order valence-corrected chi connectivity index (χ1v) is 21.1. The number of hydrogen-bond acceptors (Lipinski definition) is 3. The summed E-state index contributed by atoms with van der Waals surface area (Å²) in [7, 11) is 0. The number of nitrogens with zero attached hydrogens (tertiary/aromatic N) is 3. The number of benzene rings is 9. The maximum atomic E-state index is 5.75. The molecule has 0 N–H and O–H groups in total. The maximum Gasteiger partial charge on any atom is 0.165 e. The van der Waals surface area contributed by atoms with Crippen molar-refractivity contribution in [3.8, 4) is 39.3 Å². The minimum atomic E-state index is -0.463. The molecule has 9 aromatic carbocycles. The van der Waals surface area contributed by atoms with E-state index >= 15 is 0 Å². The van der Waals surface area contributed by atoms with Crippen molar-refractivity contribution in [2.24, 2.45) is 0 Å². The number of rotatable bonds is 2. The van der Waals surface area contributed by atoms with E-state index in [4.69, 9.17) is 9.97 Å². The van der Waals surface area contributed by atoms with Gasteiger partial charge >= 0.3 is 0 Å². The molecule has 2 aliphatic carbocycles. The van der Waals surface area contributed by atoms with Crippen LogP contribution in [-0.4, -0.2) is 14.5 Å². The molecule has 0 unspecified atom stereocenters. The summed E-state index contributed by atoms with van der Waals surface area (Å²) in [5, 5.41) is 8.44. The van der Waals surface area contributed by atoms with Crippen LogP contribution in [0, 0.1) is 0 Å². The van der Waals surface area contributed by atoms with Crippen molar-refractivity contribution in [2.45, 2.75) is 5.41 Å². The van der Waals surface area contributed by atoms with E-state index in [1.807, 2.05) is 0 Å². The molecular weight excluding hydrogens is 735 g/mol. The largest absolute Gasteiger partial charge is 0.292 e. The zero-order valence-corrected chi connectivity index (χ0v) is 32.5. The van der Waals surface area contributed by atoms with Crippen LogP contribution in [-0.2, 0) is 5.41 Å². The fraction of sp³-hybridized carbons (Fsp3) is 0.0182. The molecule has 0 atom stereocenters. The van der Waals surface area contributed by atoms with Crippen LogP contribution in [0.15, 0.2) is 188 Å². The van der Waals surface area contributed by atoms with Gasteiger partial charge in [0.15, 0.2) is 5.82 Å². The minimum Gasteiger partial charge on any atom is -0.292 e. The summed E-state index contributed by atoms with van der Waals surface area (Å²) >= 11 is 1.72. The fourth-order valence-corrected chi connectivity index (χ4v) is 11.8. The summed E-state index contributed by atoms with van der Waals surface area (Å²) in [6.45, 7) is 0. The molecule has 272 valence electrons. The quantitative estimate of drug-likeness (QED) is 0.175. The van der Waals surface area contributed by atoms with E-state index in [0.29, 0.717) is 0 Å². The molecule has 0 amide bonds. The van der Waals surface area contributed by atoms with Gasteiger partial charge in [-0.25, -0.2) is 9.97 Å². The molecule has 0 radical (unpaired) electrons. The lowest BCUT2D eigenvalue weighted by Gasteiger charge is -2.30. The minimum absolute atomic E-state index is 0.463. The highest BCUT2D eigenvalue weighted by molar-refractivity contribution is 7.25. The third-order valence-corrected chi connectivity index (χ3v) is 14.3. The summed E-state index contributed by atoms with van der Waals surface area (Å²) in [4.78, 5) is 12.4. The average molecular weight is 766 g/mol. The van der Waals surface area contributed by atoms with E-state index in [-0.39, 0.29) is 0 Å². The van der Waals surface area contributed by atoms with Gasteiger partial charge in [-0.2, -0.15) is 0 Å². The molecule has 1 spiro atoms. The molecule has 0 aliphatic heterocycles. The Balaban J connectivity index is 1.13. The highest BCUT2D eigenvalue weighted by Gasteiger charge is 2.51. The van der Waals surface area contributed by atoms with Crippen molar-refractivity contribution in [3.05, 3.63) is 210 Å². The van der Waals surface area contributed by atoms with Crippen LogP contribution in [0.4, 0.5) is 0 Å². The molecule has 0 fully saturated rings. The Kier molecular flexibility index (Phi) is 6.10. The summed E-state index contributed by atoms with van der Waals surface area (Å²) < 4.78 is 3.59. The zero-order chi connectivity index (χ0) is 38.4. The second-order valence-corrected chi connectivity index (χ2v) is 17.1. The van der Waals surface area contributed by atoms with Gasteiger partial charge in [-0.3, -0.25) is 4.57 Å². The molecule has 4 heteroatoms. The SMILES string of the molecule is c1ccc2c(c1)-c1ccccc1C21c2ccccc2-c2ccc(-c3nc4sc5ccccc5c4nc3-n3c4cc5ccccc5cc4c4c5ccccc5ccc43)cc21. The third kappa shape index (κ3) is 4.01. The summed E-state index contributed by atoms with van der Waals surface area (Å²) in [6.07, 6.45) is 0. The van der Waals surface area contributed by atoms with E-state index in [2.05, 4.69) is 193 Å². The second-order valence-electron chi connectivity index (χ2n) is 16.0. The predicted molar refractivity (Wildman–Crippen MR) is 246 cm³/mol. The van der Waals surface area contributed by atoms with Crippen LogP contribution in [0.3, 0.4) is 0 Å². The number of fused-ring (bicyclic) bond motifs is 19. The molecule has 2 aliphatic rings. The normalized spacial score (nSPS) is 13.6. The number of hydrogen-bond donors (Lipinski definition) is 0. The maximum absolute atomic E-state index is 5.75. The van der Waals surface area contributed by atoms with Crippen LogP contribution in [0.25, 0.3) is 103 Å². The van der Waals surface area contributed by atoms with Crippen LogP contribution in [0.2, 0.25) is 0 Å². The van der Waals surface area contributed by atoms with E-state index in [0.717, 1.165) is 43.8 Å². The third-order valence-electron chi connectivity index (χ3n) is 13.2. The Morgan fingerprint density at radius 2 is 1.02 bits per heavy atom. The zero-order valence-electron chi connectivity index (χ0n) is 31.6. The molecule has 3 aromatic heterocycles. The van der Waals surface area contributed by atoms with Crippen molar-refractivity contribution < 1.29 is 0 Å². The molecule has 0 saturated carbocycles. The molecule has 0 bridgehead atoms. The molecule has 14 rings (SSSR count). The molecule has 12 aromatic rings. The molecule has 59 heavy (non-hydrogen) atoms. The van der Waals surface area contributed by atoms with Crippen molar-refractivity contribution in [2.75, 3.05) is 0 Å². The Morgan fingerprint density at radius 1 is 0.424 bits per heavy atom. The van der Waals surface area contributed by atoms with Gasteiger partial charge < -0.3 is 0 Å². The van der Waals surface area contributed by atoms with Gasteiger partial charge in [0.25, 0.3) is 0 Å². The fourth-order valence-electron chi connectivity index (χ4n) is 10.8. The van der Waals surface area contributed by atoms with Crippen LogP contribution < -0.4 is 0 Å². The molecule has 3 heterocycles. The standard InChI is InChI=1S/C55H31N3S/c1-2-15-34-31-48-42(29-33(34)14-1)50-36-16-4-3-13-32(36)26-28-47(50)58(48)53-51(57-54-52(56-53)41-20-8-12-24-49(41)59-54)35-25-27-40-39-19-7-11-23-45(39)55(46(40)30-35)43-21-9-5-17-37(43)38-18-6-10-22-44(38)55/h1-31H. The molecule has 0 saturated heterocycles. The van der Waals surface area contributed by atoms with Crippen LogP contribution >= 0.6 is 11.3 Å². The Morgan fingerprint density at radius 3 is 1.75 bits per heavy atom. The highest BCUT2D eigenvalue weighted by Crippen LogP contribution is 2.63. The van der Waals surface area contributed by atoms with Gasteiger partial charge in [-0.15, -0.1) is 11.3 Å². The topological polar surface area (TPSA) is 30.7 Å². The van der Waals surface area contributed by atoms with Gasteiger partial charge in [-0.05, 0) is 96.4 Å². The van der Waals surface area contributed by atoms with E-state index in [1.54, 1.807) is 11.3 Å². The first-order chi connectivity index (χ1) is 29.3. The Hall–Kier alpha value is -7.40. The summed E-state index contributed by atoms with van der Waals surface area (Å²) in [6, 6.07) is 69.4. The Bertz CT molecular complexity index is 3750. The lowest BCUT2D eigenvalue weighted by Crippen LogP contribution is -2.25. The van der Waals surface area contributed by atoms with Gasteiger partial charge in [0.2, 0.25) is 0 Å². The lowest BCUT2D eigenvalue weighted by atomic mass is 9.70. The summed E-state index contributed by atoms with van der Waals surface area (Å²) in [5.41, 5.74) is 15.1.